The Kier molecular flexibility index (Phi) is 14.7. The Bertz CT molecular complexity index is 2910. The van der Waals surface area contributed by atoms with Crippen molar-refractivity contribution in [3.63, 3.8) is 0 Å². The molecule has 3 saturated heterocycles. The number of nitrogens with zero attached hydrogens (tertiary/aromatic N) is 4. The number of aliphatic hydroxyl groups excluding tert-OH is 1. The summed E-state index contributed by atoms with van der Waals surface area (Å²) in [5.41, 5.74) is 7.46. The normalized spacial score (nSPS) is 23.1. The predicted molar refractivity (Wildman–Crippen MR) is 274 cm³/mol. The van der Waals surface area contributed by atoms with Crippen LogP contribution in [0, 0.1) is 23.5 Å². The molecule has 5 aromatic rings. The highest BCUT2D eigenvalue weighted by Gasteiger charge is 2.50. The van der Waals surface area contributed by atoms with E-state index in [-0.39, 0.29) is 71.6 Å². The van der Waals surface area contributed by atoms with Crippen molar-refractivity contribution < 1.29 is 42.5 Å². The van der Waals surface area contributed by atoms with Crippen molar-refractivity contribution in [3.05, 3.63) is 118 Å². The summed E-state index contributed by atoms with van der Waals surface area (Å²) in [4.78, 5) is 61.7. The number of aromatic nitrogens is 1. The fraction of sp³-hybridized carbons (Fsp3) is 0.446. The van der Waals surface area contributed by atoms with Crippen LogP contribution in [-0.2, 0) is 15.2 Å². The van der Waals surface area contributed by atoms with Crippen molar-refractivity contribution >= 4 is 52.1 Å². The predicted octanol–water partition coefficient (Wildman–Crippen LogP) is 8.41. The molecule has 5 N–H and O–H groups in total. The maximum absolute atomic E-state index is 16.5. The van der Waals surface area contributed by atoms with Crippen LogP contribution in [0.15, 0.2) is 78.9 Å². The molecule has 10 rings (SSSR count). The number of likely N-dealkylation sites (tertiary alicyclic amines) is 2. The molecule has 17 heteroatoms. The summed E-state index contributed by atoms with van der Waals surface area (Å²) < 4.78 is 44.6. The molecular weight excluding hydrogens is 956 g/mol. The number of carbonyl (C=O) groups excluding carboxylic acids is 4. The second-order valence-corrected chi connectivity index (χ2v) is 20.8. The fourth-order valence-electron chi connectivity index (χ4n) is 12.1. The average Bonchev–Trinajstić information content (AvgIpc) is 3.69. The van der Waals surface area contributed by atoms with Gasteiger partial charge in [-0.15, -0.1) is 0 Å². The van der Waals surface area contributed by atoms with Gasteiger partial charge in [-0.2, -0.15) is 0 Å². The number of benzene rings is 4. The highest BCUT2D eigenvalue weighted by atomic mass is 35.5. The molecule has 0 radical (unpaired) electrons. The second-order valence-electron chi connectivity index (χ2n) is 20.4. The van der Waals surface area contributed by atoms with E-state index < -0.39 is 40.1 Å². The van der Waals surface area contributed by atoms with Gasteiger partial charge in [0.2, 0.25) is 17.7 Å². The number of amides is 5. The number of nitrogens with two attached hydrogens (primary N) is 1. The van der Waals surface area contributed by atoms with Gasteiger partial charge in [0.15, 0.2) is 17.2 Å². The lowest BCUT2D eigenvalue weighted by atomic mass is 9.77. The Hall–Kier alpha value is -6.20. The van der Waals surface area contributed by atoms with Gasteiger partial charge < -0.3 is 35.4 Å². The third-order valence-electron chi connectivity index (χ3n) is 16.1. The summed E-state index contributed by atoms with van der Waals surface area (Å²) >= 11 is 6.73. The molecule has 4 aromatic carbocycles. The van der Waals surface area contributed by atoms with E-state index in [4.69, 9.17) is 31.8 Å². The van der Waals surface area contributed by atoms with E-state index in [1.165, 1.54) is 28.7 Å². The minimum Gasteiger partial charge on any atom is -0.488 e. The van der Waals surface area contributed by atoms with Gasteiger partial charge in [0.05, 0.1) is 22.7 Å². The van der Waals surface area contributed by atoms with E-state index in [2.05, 4.69) is 32.6 Å². The van der Waals surface area contributed by atoms with Crippen LogP contribution in [0.1, 0.15) is 104 Å². The lowest BCUT2D eigenvalue weighted by Gasteiger charge is -2.40. The Balaban J connectivity index is 0.724. The molecule has 5 amide bonds. The van der Waals surface area contributed by atoms with E-state index in [9.17, 15) is 24.3 Å². The first-order valence-corrected chi connectivity index (χ1v) is 26.1. The van der Waals surface area contributed by atoms with Gasteiger partial charge in [0, 0.05) is 85.2 Å². The molecule has 0 bridgehead atoms. The van der Waals surface area contributed by atoms with Crippen molar-refractivity contribution in [2.24, 2.45) is 17.6 Å². The first-order valence-electron chi connectivity index (χ1n) is 25.7. The van der Waals surface area contributed by atoms with Crippen molar-refractivity contribution in [2.75, 3.05) is 63.9 Å². The average molecular weight is 1020 g/mol. The lowest BCUT2D eigenvalue weighted by Crippen LogP contribution is -2.49. The molecule has 2 atom stereocenters. The Morgan fingerprint density at radius 1 is 0.918 bits per heavy atom. The third kappa shape index (κ3) is 10.1. The summed E-state index contributed by atoms with van der Waals surface area (Å²) in [6, 6.07) is 23.2. The SMILES string of the molecule is CC1c2c(cc(F)c(Cl)c2-c2c(C(N)=O)ccc(OCCO)c2F)OC1(CNC1CCC(C(=O)N2CCC(CN3CCC(c4ccc5nc(N6CCC(=O)NC6=O)ccc5c4)CC3)CC2)CC1)c1ccccc1. The molecule has 1 saturated carbocycles. The van der Waals surface area contributed by atoms with E-state index in [0.29, 0.717) is 36.3 Å². The standard InChI is InChI=1S/C56H62ClF2N7O7/c1-33-48-45(30-42(58)51(57)50(48)49-41(53(60)69)13-15-44(52(49)59)72-28-27-67)73-56(33,39-5-3-2-4-6-39)32-61-40-11-7-36(8-12-40)54(70)65-24-17-34(18-25-65)31-64-22-19-35(20-23-64)37-9-14-43-38(29-37)10-16-46(62-43)66-26-21-47(68)63-55(66)71/h2-6,9-10,13-16,29-30,33-36,40,61,67H,7-8,11-12,17-28,31-32H2,1H3,(H2,60,69)(H,63,68,71). The van der Waals surface area contributed by atoms with Crippen LogP contribution in [0.5, 0.6) is 11.5 Å². The number of primary amides is 1. The molecule has 4 fully saturated rings. The van der Waals surface area contributed by atoms with Gasteiger partial charge in [0.1, 0.15) is 24.0 Å². The highest BCUT2D eigenvalue weighted by Crippen LogP contribution is 2.56. The second kappa shape index (κ2) is 21.3. The van der Waals surface area contributed by atoms with Gasteiger partial charge in [-0.25, -0.2) is 18.6 Å². The third-order valence-corrected chi connectivity index (χ3v) is 16.5. The number of imide groups is 1. The fourth-order valence-corrected chi connectivity index (χ4v) is 12.3. The zero-order valence-electron chi connectivity index (χ0n) is 41.0. The quantitative estimate of drug-likeness (QED) is 0.0844. The monoisotopic (exact) mass is 1020 g/mol. The van der Waals surface area contributed by atoms with Crippen LogP contribution >= 0.6 is 11.6 Å². The first-order chi connectivity index (χ1) is 35.3. The van der Waals surface area contributed by atoms with Gasteiger partial charge in [-0.3, -0.25) is 24.6 Å². The Morgan fingerprint density at radius 3 is 2.38 bits per heavy atom. The molecule has 5 heterocycles. The molecule has 384 valence electrons. The number of fused-ring (bicyclic) bond motifs is 2. The number of piperidine rings is 2. The number of halogens is 3. The summed E-state index contributed by atoms with van der Waals surface area (Å²) in [5.74, 6) is -1.91. The van der Waals surface area contributed by atoms with Gasteiger partial charge in [-0.1, -0.05) is 54.9 Å². The number of aliphatic hydroxyl groups is 1. The topological polar surface area (TPSA) is 180 Å². The van der Waals surface area contributed by atoms with Crippen LogP contribution in [0.2, 0.25) is 5.02 Å². The van der Waals surface area contributed by atoms with Crippen LogP contribution in [0.25, 0.3) is 22.0 Å². The summed E-state index contributed by atoms with van der Waals surface area (Å²) in [6.07, 6.45) is 7.49. The molecule has 5 aliphatic rings. The number of hydrogen-bond acceptors (Lipinski definition) is 10. The number of nitrogens with one attached hydrogen (secondary N) is 2. The zero-order chi connectivity index (χ0) is 51.0. The van der Waals surface area contributed by atoms with E-state index in [0.717, 1.165) is 101 Å². The van der Waals surface area contributed by atoms with Crippen LogP contribution < -0.4 is 30.7 Å². The number of ether oxygens (including phenoxy) is 2. The zero-order valence-corrected chi connectivity index (χ0v) is 41.8. The Morgan fingerprint density at radius 2 is 1.67 bits per heavy atom. The maximum Gasteiger partial charge on any atom is 0.329 e. The molecule has 14 nitrogen and oxygen atoms in total. The van der Waals surface area contributed by atoms with Crippen molar-refractivity contribution in [1.82, 2.24) is 25.4 Å². The number of anilines is 1. The van der Waals surface area contributed by atoms with Crippen LogP contribution in [0.3, 0.4) is 0 Å². The van der Waals surface area contributed by atoms with E-state index in [1.54, 1.807) is 0 Å². The molecule has 73 heavy (non-hydrogen) atoms. The summed E-state index contributed by atoms with van der Waals surface area (Å²) in [7, 11) is 0. The molecule has 1 aromatic heterocycles. The van der Waals surface area contributed by atoms with Crippen molar-refractivity contribution in [3.8, 4) is 22.6 Å². The molecule has 4 aliphatic heterocycles. The van der Waals surface area contributed by atoms with Crippen LogP contribution in [-0.4, -0.2) is 109 Å². The van der Waals surface area contributed by atoms with Crippen molar-refractivity contribution in [2.45, 2.75) is 88.2 Å². The Labute approximate surface area is 428 Å². The lowest BCUT2D eigenvalue weighted by molar-refractivity contribution is -0.138. The number of rotatable bonds is 14. The number of urea groups is 1. The number of carbonyl (C=O) groups is 4. The molecule has 1 aliphatic carbocycles. The maximum atomic E-state index is 16.5. The molecular formula is C56H62ClF2N7O7. The minimum atomic E-state index is -1.10. The molecule has 2 unspecified atom stereocenters. The summed E-state index contributed by atoms with van der Waals surface area (Å²) in [6.45, 7) is 6.62. The highest BCUT2D eigenvalue weighted by molar-refractivity contribution is 6.34. The largest absolute Gasteiger partial charge is 0.488 e. The van der Waals surface area contributed by atoms with E-state index >= 15 is 8.78 Å². The smallest absolute Gasteiger partial charge is 0.329 e. The number of hydrogen-bond donors (Lipinski definition) is 4. The molecule has 0 spiro atoms. The van der Waals surface area contributed by atoms with Gasteiger partial charge >= 0.3 is 6.03 Å². The van der Waals surface area contributed by atoms with E-state index in [1.807, 2.05) is 55.5 Å². The van der Waals surface area contributed by atoms with Crippen molar-refractivity contribution in [1.29, 1.82) is 0 Å². The van der Waals surface area contributed by atoms with Gasteiger partial charge in [0.25, 0.3) is 0 Å². The summed E-state index contributed by atoms with van der Waals surface area (Å²) in [5, 5.41) is 16.1. The van der Waals surface area contributed by atoms with Gasteiger partial charge in [-0.05, 0) is 124 Å². The number of pyridine rings is 1. The first kappa shape index (κ1) is 50.3. The van der Waals surface area contributed by atoms with Crippen LogP contribution in [0.4, 0.5) is 19.4 Å². The minimum absolute atomic E-state index is 0.0437.